The molecule has 240 valence electrons. The predicted molar refractivity (Wildman–Crippen MR) is 176 cm³/mol. The van der Waals surface area contributed by atoms with Crippen molar-refractivity contribution in [1.82, 2.24) is 4.57 Å². The largest absolute Gasteiger partial charge is 0.490 e. The number of ether oxygens (including phenoxy) is 5. The molecule has 0 fully saturated rings. The van der Waals surface area contributed by atoms with Gasteiger partial charge in [0.15, 0.2) is 27.8 Å². The van der Waals surface area contributed by atoms with Crippen LogP contribution in [0.3, 0.4) is 0 Å². The van der Waals surface area contributed by atoms with E-state index in [1.165, 1.54) is 41.3 Å². The minimum absolute atomic E-state index is 0.132. The molecule has 4 aromatic rings. The van der Waals surface area contributed by atoms with E-state index in [1.807, 2.05) is 20.8 Å². The predicted octanol–water partition coefficient (Wildman–Crippen LogP) is 5.69. The molecule has 5 rings (SSSR count). The number of benzene rings is 3. The fourth-order valence-electron chi connectivity index (χ4n) is 5.00. The van der Waals surface area contributed by atoms with Gasteiger partial charge in [-0.25, -0.2) is 14.2 Å². The Morgan fingerprint density at radius 2 is 1.72 bits per heavy atom. The minimum Gasteiger partial charge on any atom is -0.490 e. The molecule has 12 heteroatoms. The number of hydrogen-bond acceptors (Lipinski definition) is 9. The maximum atomic E-state index is 14.0. The normalized spacial score (nSPS) is 14.2. The highest BCUT2D eigenvalue weighted by Gasteiger charge is 2.31. The molecule has 0 saturated carbocycles. The highest BCUT2D eigenvalue weighted by Crippen LogP contribution is 2.38. The van der Waals surface area contributed by atoms with Crippen LogP contribution in [-0.4, -0.2) is 37.5 Å². The number of thiazole rings is 1. The van der Waals surface area contributed by atoms with E-state index in [9.17, 15) is 14.0 Å². The molecule has 46 heavy (non-hydrogen) atoms. The Morgan fingerprint density at radius 3 is 2.43 bits per heavy atom. The van der Waals surface area contributed by atoms with Gasteiger partial charge in [-0.05, 0) is 95.9 Å². The van der Waals surface area contributed by atoms with Gasteiger partial charge >= 0.3 is 5.97 Å². The summed E-state index contributed by atoms with van der Waals surface area (Å²) in [6, 6.07) is 14.3. The summed E-state index contributed by atoms with van der Waals surface area (Å²) in [7, 11) is 1.29. The van der Waals surface area contributed by atoms with Gasteiger partial charge in [0.1, 0.15) is 12.4 Å². The lowest BCUT2D eigenvalue weighted by molar-refractivity contribution is -0.136. The van der Waals surface area contributed by atoms with E-state index in [2.05, 4.69) is 20.9 Å². The zero-order valence-corrected chi connectivity index (χ0v) is 28.1. The number of fused-ring (bicyclic) bond motifs is 1. The Hall–Kier alpha value is -4.42. The second-order valence-electron chi connectivity index (χ2n) is 9.93. The number of carbonyl (C=O) groups is 1. The van der Waals surface area contributed by atoms with Crippen LogP contribution in [0.4, 0.5) is 4.39 Å². The summed E-state index contributed by atoms with van der Waals surface area (Å²) >= 11 is 4.77. The number of methoxy groups -OCH3 is 1. The number of nitrogens with zero attached hydrogens (tertiary/aromatic N) is 2. The van der Waals surface area contributed by atoms with E-state index in [0.717, 1.165) is 0 Å². The summed E-state index contributed by atoms with van der Waals surface area (Å²) in [5.41, 5.74) is 1.83. The first-order valence-electron chi connectivity index (χ1n) is 14.6. The average Bonchev–Trinajstić information content (AvgIpc) is 3.35. The maximum Gasteiger partial charge on any atom is 0.337 e. The third kappa shape index (κ3) is 7.02. The smallest absolute Gasteiger partial charge is 0.337 e. The summed E-state index contributed by atoms with van der Waals surface area (Å²) in [5, 5.41) is 0. The van der Waals surface area contributed by atoms with Gasteiger partial charge in [0.25, 0.3) is 5.56 Å². The fraction of sp³-hybridized carbons (Fsp3) is 0.265. The molecule has 0 unspecified atom stereocenters. The Balaban J connectivity index is 1.57. The van der Waals surface area contributed by atoms with E-state index in [-0.39, 0.29) is 23.6 Å². The van der Waals surface area contributed by atoms with E-state index in [4.69, 9.17) is 23.7 Å². The Kier molecular flexibility index (Phi) is 10.6. The van der Waals surface area contributed by atoms with Crippen molar-refractivity contribution in [2.75, 3.05) is 26.9 Å². The van der Waals surface area contributed by atoms with Crippen LogP contribution in [0.1, 0.15) is 43.5 Å². The zero-order valence-electron chi connectivity index (χ0n) is 25.7. The van der Waals surface area contributed by atoms with Gasteiger partial charge < -0.3 is 23.7 Å². The number of aromatic nitrogens is 1. The molecule has 1 aliphatic heterocycles. The molecule has 0 saturated heterocycles. The van der Waals surface area contributed by atoms with Crippen LogP contribution in [0.5, 0.6) is 23.0 Å². The second-order valence-corrected chi connectivity index (χ2v) is 11.8. The Morgan fingerprint density at radius 1 is 0.978 bits per heavy atom. The van der Waals surface area contributed by atoms with Crippen molar-refractivity contribution in [1.29, 1.82) is 0 Å². The second kappa shape index (κ2) is 14.8. The van der Waals surface area contributed by atoms with Crippen LogP contribution < -0.4 is 33.8 Å². The molecule has 3 aromatic carbocycles. The van der Waals surface area contributed by atoms with Gasteiger partial charge in [0.2, 0.25) is 0 Å². The number of halogens is 2. The first-order valence-corrected chi connectivity index (χ1v) is 16.2. The van der Waals surface area contributed by atoms with Crippen LogP contribution in [-0.2, 0) is 16.1 Å². The number of rotatable bonds is 12. The quantitative estimate of drug-likeness (QED) is 0.174. The standard InChI is InChI=1S/C34H32BrFN2O7S/c1-5-42-26-12-11-22(17-27(26)43-6-2)30-24(33(40)41-4)18-37-34-38(30)32(39)29(46-34)16-21-14-25(35)31(28(15-21)44-7-3)45-19-20-9-8-10-23(36)13-20/h8-18,30H,5-7,19H2,1-4H3/b29-16-/t30-/m1/s1. The van der Waals surface area contributed by atoms with E-state index >= 15 is 0 Å². The summed E-state index contributed by atoms with van der Waals surface area (Å²) in [5.74, 6) is 1.01. The lowest BCUT2D eigenvalue weighted by Gasteiger charge is -2.23. The van der Waals surface area contributed by atoms with Crippen molar-refractivity contribution < 1.29 is 32.9 Å². The van der Waals surface area contributed by atoms with Crippen molar-refractivity contribution in [3.05, 3.63) is 113 Å². The minimum atomic E-state index is -0.815. The molecular formula is C34H32BrFN2O7S. The monoisotopic (exact) mass is 710 g/mol. The van der Waals surface area contributed by atoms with Gasteiger partial charge in [-0.3, -0.25) is 9.36 Å². The molecule has 1 aromatic heterocycles. The molecule has 0 spiro atoms. The van der Waals surface area contributed by atoms with Crippen molar-refractivity contribution in [3.8, 4) is 23.0 Å². The van der Waals surface area contributed by atoms with Gasteiger partial charge in [-0.1, -0.05) is 29.5 Å². The lowest BCUT2D eigenvalue weighted by atomic mass is 9.97. The molecule has 1 atom stereocenters. The maximum absolute atomic E-state index is 14.0. The van der Waals surface area contributed by atoms with Crippen molar-refractivity contribution in [2.24, 2.45) is 4.99 Å². The van der Waals surface area contributed by atoms with Crippen molar-refractivity contribution in [2.45, 2.75) is 33.4 Å². The molecular weight excluding hydrogens is 679 g/mol. The number of esters is 1. The van der Waals surface area contributed by atoms with Gasteiger partial charge in [-0.2, -0.15) is 0 Å². The van der Waals surface area contributed by atoms with E-state index in [0.29, 0.717) is 73.3 Å². The Labute approximate surface area is 277 Å². The van der Waals surface area contributed by atoms with Crippen LogP contribution in [0.2, 0.25) is 0 Å². The third-order valence-electron chi connectivity index (χ3n) is 6.91. The number of hydrogen-bond donors (Lipinski definition) is 0. The lowest BCUT2D eigenvalue weighted by Crippen LogP contribution is -2.39. The van der Waals surface area contributed by atoms with Crippen molar-refractivity contribution in [3.63, 3.8) is 0 Å². The first kappa shape index (κ1) is 33.0. The molecule has 0 aliphatic carbocycles. The number of carbonyl (C=O) groups excluding carboxylic acids is 1. The highest BCUT2D eigenvalue weighted by atomic mass is 79.9. The Bertz CT molecular complexity index is 1970. The van der Waals surface area contributed by atoms with Gasteiger partial charge in [0.05, 0.1) is 47.6 Å². The summed E-state index contributed by atoms with van der Waals surface area (Å²) < 4.78 is 44.7. The van der Waals surface area contributed by atoms with Crippen LogP contribution >= 0.6 is 27.3 Å². The molecule has 0 N–H and O–H groups in total. The molecule has 9 nitrogen and oxygen atoms in total. The van der Waals surface area contributed by atoms with Crippen LogP contribution in [0, 0.1) is 5.82 Å². The summed E-state index contributed by atoms with van der Waals surface area (Å²) in [4.78, 5) is 31.8. The fourth-order valence-corrected chi connectivity index (χ4v) is 6.54. The summed E-state index contributed by atoms with van der Waals surface area (Å²) in [6.07, 6.45) is 3.17. The van der Waals surface area contributed by atoms with Crippen LogP contribution in [0.25, 0.3) is 6.08 Å². The van der Waals surface area contributed by atoms with E-state index in [1.54, 1.807) is 48.5 Å². The van der Waals surface area contributed by atoms with Gasteiger partial charge in [-0.15, -0.1) is 0 Å². The van der Waals surface area contributed by atoms with Crippen LogP contribution in [0.15, 0.2) is 80.6 Å². The molecule has 0 bridgehead atoms. The summed E-state index contributed by atoms with van der Waals surface area (Å²) in [6.45, 7) is 6.95. The SMILES string of the molecule is CCOc1ccc([C@@H]2C(C(=O)OC)=CN=c3s/c(=C\c4cc(Br)c(OCc5cccc(F)c5)c(OCC)c4)c(=O)n32)cc1OCC. The zero-order chi connectivity index (χ0) is 32.8. The molecule has 0 amide bonds. The highest BCUT2D eigenvalue weighted by molar-refractivity contribution is 9.10. The first-order chi connectivity index (χ1) is 22.3. The molecule has 0 radical (unpaired) electrons. The van der Waals surface area contributed by atoms with E-state index < -0.39 is 12.0 Å². The topological polar surface area (TPSA) is 97.6 Å². The molecule has 1 aliphatic rings. The average molecular weight is 712 g/mol. The van der Waals surface area contributed by atoms with Gasteiger partial charge in [0, 0.05) is 6.20 Å². The molecule has 2 heterocycles. The van der Waals surface area contributed by atoms with Crippen molar-refractivity contribution >= 4 is 39.3 Å². The third-order valence-corrected chi connectivity index (χ3v) is 8.50.